The first-order chi connectivity index (χ1) is 14.5. The SMILES string of the molecule is CCOC(=O)CNC(=O)N(CCC(=O)NCc1ccccc1)C(C)c1ccccc1. The Hall–Kier alpha value is -3.35. The van der Waals surface area contributed by atoms with Crippen LogP contribution in [0.2, 0.25) is 0 Å². The highest BCUT2D eigenvalue weighted by Crippen LogP contribution is 2.20. The number of ether oxygens (including phenoxy) is 1. The Kier molecular flexibility index (Phi) is 9.37. The van der Waals surface area contributed by atoms with Gasteiger partial charge in [-0.2, -0.15) is 0 Å². The van der Waals surface area contributed by atoms with Gasteiger partial charge in [0.1, 0.15) is 6.54 Å². The second-order valence-electron chi connectivity index (χ2n) is 6.76. The molecule has 1 atom stereocenters. The summed E-state index contributed by atoms with van der Waals surface area (Å²) >= 11 is 0. The van der Waals surface area contributed by atoms with Crippen LogP contribution in [0.4, 0.5) is 4.79 Å². The maximum Gasteiger partial charge on any atom is 0.325 e. The van der Waals surface area contributed by atoms with Crippen LogP contribution in [0.1, 0.15) is 37.4 Å². The highest BCUT2D eigenvalue weighted by Gasteiger charge is 2.22. The van der Waals surface area contributed by atoms with Crippen LogP contribution in [0.25, 0.3) is 0 Å². The minimum Gasteiger partial charge on any atom is -0.465 e. The van der Waals surface area contributed by atoms with Gasteiger partial charge in [0.05, 0.1) is 12.6 Å². The molecule has 0 aliphatic heterocycles. The summed E-state index contributed by atoms with van der Waals surface area (Å²) in [5.74, 6) is -0.652. The molecule has 0 bridgehead atoms. The number of nitrogens with zero attached hydrogens (tertiary/aromatic N) is 1. The van der Waals surface area contributed by atoms with Gasteiger partial charge in [0, 0.05) is 19.5 Å². The minimum absolute atomic E-state index is 0.150. The molecule has 3 amide bonds. The molecule has 0 spiro atoms. The first-order valence-electron chi connectivity index (χ1n) is 10.1. The predicted molar refractivity (Wildman–Crippen MR) is 115 cm³/mol. The Morgan fingerprint density at radius 1 is 0.967 bits per heavy atom. The Morgan fingerprint density at radius 2 is 1.60 bits per heavy atom. The van der Waals surface area contributed by atoms with Crippen molar-refractivity contribution in [3.05, 3.63) is 71.8 Å². The summed E-state index contributed by atoms with van der Waals surface area (Å²) in [5.41, 5.74) is 1.95. The van der Waals surface area contributed by atoms with Crippen LogP contribution in [0.3, 0.4) is 0 Å². The van der Waals surface area contributed by atoms with Crippen molar-refractivity contribution < 1.29 is 19.1 Å². The fraction of sp³-hybridized carbons (Fsp3) is 0.348. The van der Waals surface area contributed by atoms with E-state index in [1.807, 2.05) is 67.6 Å². The molecule has 0 heterocycles. The van der Waals surface area contributed by atoms with Crippen LogP contribution in [0.5, 0.6) is 0 Å². The molecule has 0 aromatic heterocycles. The fourth-order valence-corrected chi connectivity index (χ4v) is 2.95. The van der Waals surface area contributed by atoms with Crippen LogP contribution in [0, 0.1) is 0 Å². The zero-order valence-electron chi connectivity index (χ0n) is 17.5. The van der Waals surface area contributed by atoms with Gasteiger partial charge >= 0.3 is 12.0 Å². The Balaban J connectivity index is 1.96. The second kappa shape index (κ2) is 12.3. The normalized spacial score (nSPS) is 11.3. The Bertz CT molecular complexity index is 812. The van der Waals surface area contributed by atoms with Crippen LogP contribution >= 0.6 is 0 Å². The van der Waals surface area contributed by atoms with Gasteiger partial charge in [-0.05, 0) is 25.0 Å². The molecular formula is C23H29N3O4. The van der Waals surface area contributed by atoms with Crippen LogP contribution in [-0.4, -0.2) is 42.5 Å². The average Bonchev–Trinajstić information content (AvgIpc) is 2.77. The molecule has 2 N–H and O–H groups in total. The van der Waals surface area contributed by atoms with E-state index in [2.05, 4.69) is 10.6 Å². The molecule has 0 saturated carbocycles. The molecule has 0 aliphatic carbocycles. The predicted octanol–water partition coefficient (Wildman–Crippen LogP) is 3.03. The molecule has 2 aromatic carbocycles. The lowest BCUT2D eigenvalue weighted by atomic mass is 10.1. The second-order valence-corrected chi connectivity index (χ2v) is 6.76. The summed E-state index contributed by atoms with van der Waals surface area (Å²) in [6.07, 6.45) is 0.150. The molecular weight excluding hydrogens is 382 g/mol. The molecule has 2 rings (SSSR count). The number of rotatable bonds is 10. The van der Waals surface area contributed by atoms with Crippen molar-refractivity contribution in [3.8, 4) is 0 Å². The molecule has 0 aliphatic rings. The van der Waals surface area contributed by atoms with Gasteiger partial charge in [0.2, 0.25) is 5.91 Å². The molecule has 0 fully saturated rings. The molecule has 160 valence electrons. The third-order valence-corrected chi connectivity index (χ3v) is 4.61. The topological polar surface area (TPSA) is 87.7 Å². The van der Waals surface area contributed by atoms with E-state index in [-0.39, 0.29) is 38.1 Å². The molecule has 7 heteroatoms. The largest absolute Gasteiger partial charge is 0.465 e. The van der Waals surface area contributed by atoms with Crippen molar-refractivity contribution >= 4 is 17.9 Å². The number of urea groups is 1. The first kappa shape index (κ1) is 22.9. The van der Waals surface area contributed by atoms with Gasteiger partial charge in [0.25, 0.3) is 0 Å². The van der Waals surface area contributed by atoms with Crippen LogP contribution in [0.15, 0.2) is 60.7 Å². The number of hydrogen-bond donors (Lipinski definition) is 2. The van der Waals surface area contributed by atoms with Gasteiger partial charge in [0.15, 0.2) is 0 Å². The summed E-state index contributed by atoms with van der Waals surface area (Å²) in [5, 5.41) is 5.45. The molecule has 0 radical (unpaired) electrons. The van der Waals surface area contributed by atoms with E-state index < -0.39 is 12.0 Å². The van der Waals surface area contributed by atoms with Crippen molar-refractivity contribution in [1.82, 2.24) is 15.5 Å². The maximum atomic E-state index is 12.7. The van der Waals surface area contributed by atoms with Gasteiger partial charge in [-0.1, -0.05) is 60.7 Å². The average molecular weight is 412 g/mol. The van der Waals surface area contributed by atoms with Crippen molar-refractivity contribution in [2.75, 3.05) is 19.7 Å². The van der Waals surface area contributed by atoms with Crippen LogP contribution < -0.4 is 10.6 Å². The lowest BCUT2D eigenvalue weighted by Gasteiger charge is -2.29. The smallest absolute Gasteiger partial charge is 0.325 e. The number of carbonyl (C=O) groups excluding carboxylic acids is 3. The first-order valence-corrected chi connectivity index (χ1v) is 10.1. The van der Waals surface area contributed by atoms with Crippen LogP contribution in [-0.2, 0) is 20.9 Å². The van der Waals surface area contributed by atoms with E-state index >= 15 is 0 Å². The van der Waals surface area contributed by atoms with E-state index in [0.717, 1.165) is 11.1 Å². The Labute approximate surface area is 177 Å². The van der Waals surface area contributed by atoms with Gasteiger partial charge in [-0.3, -0.25) is 9.59 Å². The van der Waals surface area contributed by atoms with E-state index in [9.17, 15) is 14.4 Å². The maximum absolute atomic E-state index is 12.7. The number of esters is 1. The fourth-order valence-electron chi connectivity index (χ4n) is 2.95. The van der Waals surface area contributed by atoms with E-state index in [1.165, 1.54) is 0 Å². The number of benzene rings is 2. The third kappa shape index (κ3) is 7.58. The lowest BCUT2D eigenvalue weighted by molar-refractivity contribution is -0.141. The number of carbonyl (C=O) groups is 3. The third-order valence-electron chi connectivity index (χ3n) is 4.61. The molecule has 30 heavy (non-hydrogen) atoms. The zero-order valence-corrected chi connectivity index (χ0v) is 17.5. The summed E-state index contributed by atoms with van der Waals surface area (Å²) < 4.78 is 4.85. The van der Waals surface area contributed by atoms with E-state index in [0.29, 0.717) is 6.54 Å². The summed E-state index contributed by atoms with van der Waals surface area (Å²) in [7, 11) is 0. The van der Waals surface area contributed by atoms with E-state index in [1.54, 1.807) is 11.8 Å². The van der Waals surface area contributed by atoms with Crippen molar-refractivity contribution in [1.29, 1.82) is 0 Å². The monoisotopic (exact) mass is 411 g/mol. The lowest BCUT2D eigenvalue weighted by Crippen LogP contribution is -2.45. The standard InChI is InChI=1S/C23H29N3O4/c1-3-30-22(28)17-25-23(29)26(18(2)20-12-8-5-9-13-20)15-14-21(27)24-16-19-10-6-4-7-11-19/h4-13,18H,3,14-17H2,1-2H3,(H,24,27)(H,25,29). The summed E-state index contributed by atoms with van der Waals surface area (Å²) in [6.45, 7) is 4.28. The van der Waals surface area contributed by atoms with Gasteiger partial charge in [-0.25, -0.2) is 4.79 Å². The van der Waals surface area contributed by atoms with Crippen molar-refractivity contribution in [2.45, 2.75) is 32.9 Å². The van der Waals surface area contributed by atoms with Crippen molar-refractivity contribution in [2.24, 2.45) is 0 Å². The van der Waals surface area contributed by atoms with E-state index in [4.69, 9.17) is 4.74 Å². The highest BCUT2D eigenvalue weighted by molar-refractivity contribution is 5.82. The number of nitrogens with one attached hydrogen (secondary N) is 2. The molecule has 2 aromatic rings. The quantitative estimate of drug-likeness (QED) is 0.588. The molecule has 0 saturated heterocycles. The summed E-state index contributed by atoms with van der Waals surface area (Å²) in [4.78, 5) is 38.2. The molecule has 7 nitrogen and oxygen atoms in total. The molecule has 1 unspecified atom stereocenters. The van der Waals surface area contributed by atoms with Gasteiger partial charge < -0.3 is 20.3 Å². The zero-order chi connectivity index (χ0) is 21.8. The minimum atomic E-state index is -0.501. The van der Waals surface area contributed by atoms with Gasteiger partial charge in [-0.15, -0.1) is 0 Å². The number of amides is 3. The summed E-state index contributed by atoms with van der Waals surface area (Å²) in [6, 6.07) is 18.5. The number of hydrogen-bond acceptors (Lipinski definition) is 4. The Morgan fingerprint density at radius 3 is 2.23 bits per heavy atom. The van der Waals surface area contributed by atoms with Crippen molar-refractivity contribution in [3.63, 3.8) is 0 Å². The highest BCUT2D eigenvalue weighted by atomic mass is 16.5.